The number of benzene rings is 1. The van der Waals surface area contributed by atoms with Crippen molar-refractivity contribution in [2.45, 2.75) is 6.92 Å². The monoisotopic (exact) mass is 307 g/mol. The first-order chi connectivity index (χ1) is 11.2. The normalized spacial score (nSPS) is 11.2. The average Bonchev–Trinajstić information content (AvgIpc) is 3.03. The maximum Gasteiger partial charge on any atom is 0.266 e. The predicted molar refractivity (Wildman–Crippen MR) is 85.2 cm³/mol. The van der Waals surface area contributed by atoms with E-state index in [1.165, 1.54) is 6.33 Å². The summed E-state index contributed by atoms with van der Waals surface area (Å²) in [5, 5.41) is 4.66. The molecule has 0 bridgehead atoms. The molecule has 0 amide bonds. The van der Waals surface area contributed by atoms with E-state index in [1.807, 2.05) is 30.3 Å². The Labute approximate surface area is 130 Å². The number of rotatable bonds is 2. The number of aromatic nitrogens is 5. The maximum absolute atomic E-state index is 12.9. The highest BCUT2D eigenvalue weighted by Gasteiger charge is 2.13. The first-order valence-corrected chi connectivity index (χ1v) is 7.05. The molecule has 4 rings (SSSR count). The van der Waals surface area contributed by atoms with Gasteiger partial charge in [0.1, 0.15) is 12.1 Å². The van der Waals surface area contributed by atoms with Crippen molar-refractivity contribution < 1.29 is 4.74 Å². The molecule has 3 aromatic heterocycles. The zero-order valence-corrected chi connectivity index (χ0v) is 12.6. The van der Waals surface area contributed by atoms with Crippen LogP contribution in [0.2, 0.25) is 0 Å². The molecule has 0 unspecified atom stereocenters. The smallest absolute Gasteiger partial charge is 0.266 e. The molecule has 7 heteroatoms. The van der Waals surface area contributed by atoms with Gasteiger partial charge in [-0.15, -0.1) is 0 Å². The fraction of sp³-hybridized carbons (Fsp3) is 0.125. The summed E-state index contributed by atoms with van der Waals surface area (Å²) in [6, 6.07) is 9.18. The molecular weight excluding hydrogens is 294 g/mol. The molecule has 0 saturated heterocycles. The molecule has 0 N–H and O–H groups in total. The second-order valence-electron chi connectivity index (χ2n) is 5.12. The Morgan fingerprint density at radius 1 is 1.22 bits per heavy atom. The van der Waals surface area contributed by atoms with Crippen LogP contribution in [-0.2, 0) is 0 Å². The summed E-state index contributed by atoms with van der Waals surface area (Å²) in [5.74, 6) is 1.17. The van der Waals surface area contributed by atoms with Crippen molar-refractivity contribution in [3.05, 3.63) is 58.9 Å². The molecule has 0 aliphatic carbocycles. The van der Waals surface area contributed by atoms with E-state index >= 15 is 0 Å². The molecule has 7 nitrogen and oxygen atoms in total. The van der Waals surface area contributed by atoms with Gasteiger partial charge in [0.25, 0.3) is 11.3 Å². The Bertz CT molecular complexity index is 1100. The Morgan fingerprint density at radius 3 is 2.91 bits per heavy atom. The van der Waals surface area contributed by atoms with E-state index in [4.69, 9.17) is 4.74 Å². The van der Waals surface area contributed by atoms with Crippen molar-refractivity contribution in [1.82, 2.24) is 24.1 Å². The summed E-state index contributed by atoms with van der Waals surface area (Å²) in [5.41, 5.74) is 1.89. The lowest BCUT2D eigenvalue weighted by Gasteiger charge is -2.10. The number of nitrogens with zero attached hydrogens (tertiary/aromatic N) is 5. The second-order valence-corrected chi connectivity index (χ2v) is 5.12. The van der Waals surface area contributed by atoms with Gasteiger partial charge in [-0.1, -0.05) is 6.07 Å². The Hall–Kier alpha value is -3.22. The van der Waals surface area contributed by atoms with Gasteiger partial charge in [0.05, 0.1) is 29.4 Å². The van der Waals surface area contributed by atoms with Crippen LogP contribution in [0.4, 0.5) is 0 Å². The van der Waals surface area contributed by atoms with E-state index in [-0.39, 0.29) is 5.56 Å². The number of methoxy groups -OCH3 is 1. The van der Waals surface area contributed by atoms with Crippen LogP contribution in [0.3, 0.4) is 0 Å². The van der Waals surface area contributed by atoms with Gasteiger partial charge in [0, 0.05) is 12.3 Å². The Balaban J connectivity index is 2.06. The van der Waals surface area contributed by atoms with Crippen LogP contribution in [0, 0.1) is 6.92 Å². The van der Waals surface area contributed by atoms with Gasteiger partial charge in [0.15, 0.2) is 0 Å². The standard InChI is InChI=1S/C16H13N5O2/c1-10-14-13(21-16(19-10)17-9-18-21)6-7-20(15(14)22)11-4-3-5-12(8-11)23-2/h3-9H,1-2H3. The SMILES string of the molecule is COc1cccc(-n2ccc3c(c(C)nc4ncnn43)c2=O)c1. The lowest BCUT2D eigenvalue weighted by molar-refractivity contribution is 0.414. The molecule has 3 heterocycles. The molecule has 23 heavy (non-hydrogen) atoms. The first-order valence-electron chi connectivity index (χ1n) is 7.05. The summed E-state index contributed by atoms with van der Waals surface area (Å²) < 4.78 is 8.37. The van der Waals surface area contributed by atoms with Crippen molar-refractivity contribution in [2.75, 3.05) is 7.11 Å². The van der Waals surface area contributed by atoms with E-state index in [1.54, 1.807) is 29.3 Å². The number of hydrogen-bond acceptors (Lipinski definition) is 5. The second kappa shape index (κ2) is 4.91. The Morgan fingerprint density at radius 2 is 2.09 bits per heavy atom. The predicted octanol–water partition coefficient (Wildman–Crippen LogP) is 1.75. The molecule has 114 valence electrons. The van der Waals surface area contributed by atoms with E-state index in [0.29, 0.717) is 28.1 Å². The van der Waals surface area contributed by atoms with E-state index < -0.39 is 0 Å². The minimum Gasteiger partial charge on any atom is -0.497 e. The van der Waals surface area contributed by atoms with E-state index in [2.05, 4.69) is 15.1 Å². The van der Waals surface area contributed by atoms with Crippen molar-refractivity contribution in [3.63, 3.8) is 0 Å². The van der Waals surface area contributed by atoms with Gasteiger partial charge in [-0.3, -0.25) is 9.36 Å². The number of pyridine rings is 1. The fourth-order valence-electron chi connectivity index (χ4n) is 2.69. The molecule has 4 aromatic rings. The zero-order chi connectivity index (χ0) is 16.0. The summed E-state index contributed by atoms with van der Waals surface area (Å²) in [7, 11) is 1.60. The van der Waals surface area contributed by atoms with Crippen LogP contribution < -0.4 is 10.3 Å². The molecule has 0 radical (unpaired) electrons. The maximum atomic E-state index is 12.9. The lowest BCUT2D eigenvalue weighted by atomic mass is 10.2. The quantitative estimate of drug-likeness (QED) is 0.564. The summed E-state index contributed by atoms with van der Waals surface area (Å²) in [6.45, 7) is 1.80. The van der Waals surface area contributed by atoms with E-state index in [9.17, 15) is 4.79 Å². The van der Waals surface area contributed by atoms with Crippen molar-refractivity contribution in [2.24, 2.45) is 0 Å². The van der Waals surface area contributed by atoms with E-state index in [0.717, 1.165) is 5.69 Å². The highest BCUT2D eigenvalue weighted by Crippen LogP contribution is 2.18. The van der Waals surface area contributed by atoms with Gasteiger partial charge in [-0.05, 0) is 25.1 Å². The van der Waals surface area contributed by atoms with Crippen LogP contribution in [0.5, 0.6) is 5.75 Å². The van der Waals surface area contributed by atoms with Gasteiger partial charge in [-0.2, -0.15) is 14.6 Å². The van der Waals surface area contributed by atoms with Crippen LogP contribution >= 0.6 is 0 Å². The molecule has 0 aliphatic rings. The first kappa shape index (κ1) is 13.4. The van der Waals surface area contributed by atoms with Crippen molar-refractivity contribution >= 4 is 16.7 Å². The zero-order valence-electron chi connectivity index (χ0n) is 12.6. The molecule has 0 spiro atoms. The number of aryl methyl sites for hydroxylation is 1. The Kier molecular flexibility index (Phi) is 2.87. The van der Waals surface area contributed by atoms with Crippen LogP contribution in [0.25, 0.3) is 22.4 Å². The highest BCUT2D eigenvalue weighted by atomic mass is 16.5. The third kappa shape index (κ3) is 1.97. The minimum atomic E-state index is -0.154. The molecule has 0 aliphatic heterocycles. The van der Waals surface area contributed by atoms with Crippen molar-refractivity contribution in [1.29, 1.82) is 0 Å². The van der Waals surface area contributed by atoms with Gasteiger partial charge in [-0.25, -0.2) is 4.98 Å². The number of ether oxygens (including phenoxy) is 1. The fourth-order valence-corrected chi connectivity index (χ4v) is 2.69. The average molecular weight is 307 g/mol. The summed E-state index contributed by atoms with van der Waals surface area (Å²) in [6.07, 6.45) is 3.15. The van der Waals surface area contributed by atoms with Crippen molar-refractivity contribution in [3.8, 4) is 11.4 Å². The summed E-state index contributed by atoms with van der Waals surface area (Å²) >= 11 is 0. The largest absolute Gasteiger partial charge is 0.497 e. The highest BCUT2D eigenvalue weighted by molar-refractivity contribution is 5.82. The van der Waals surface area contributed by atoms with Crippen LogP contribution in [0.1, 0.15) is 5.69 Å². The number of hydrogen-bond donors (Lipinski definition) is 0. The third-order valence-electron chi connectivity index (χ3n) is 3.79. The molecular formula is C16H13N5O2. The minimum absolute atomic E-state index is 0.154. The molecule has 0 atom stereocenters. The lowest BCUT2D eigenvalue weighted by Crippen LogP contribution is -2.20. The molecule has 0 fully saturated rings. The van der Waals surface area contributed by atoms with Gasteiger partial charge >= 0.3 is 0 Å². The molecule has 1 aromatic carbocycles. The summed E-state index contributed by atoms with van der Waals surface area (Å²) in [4.78, 5) is 21.4. The van der Waals surface area contributed by atoms with Crippen LogP contribution in [0.15, 0.2) is 47.7 Å². The molecule has 0 saturated carbocycles. The third-order valence-corrected chi connectivity index (χ3v) is 3.79. The van der Waals surface area contributed by atoms with Gasteiger partial charge in [0.2, 0.25) is 0 Å². The van der Waals surface area contributed by atoms with Gasteiger partial charge < -0.3 is 4.74 Å². The van der Waals surface area contributed by atoms with Crippen LogP contribution in [-0.4, -0.2) is 31.3 Å². The topological polar surface area (TPSA) is 74.3 Å². The number of fused-ring (bicyclic) bond motifs is 3.